The van der Waals surface area contributed by atoms with Crippen LogP contribution in [-0.4, -0.2) is 14.5 Å². The highest BCUT2D eigenvalue weighted by atomic mass is 32.1. The molecule has 2 heterocycles. The van der Waals surface area contributed by atoms with E-state index in [1.807, 2.05) is 18.5 Å². The molecule has 0 aliphatic rings. The highest BCUT2D eigenvalue weighted by Crippen LogP contribution is 2.27. The topological polar surface area (TPSA) is 43.8 Å². The minimum atomic E-state index is 0.298. The van der Waals surface area contributed by atoms with Gasteiger partial charge in [0.05, 0.1) is 9.87 Å². The van der Waals surface area contributed by atoms with Crippen molar-refractivity contribution in [2.75, 3.05) is 0 Å². The van der Waals surface area contributed by atoms with Crippen molar-refractivity contribution in [3.05, 3.63) is 29.9 Å². The molecule has 17 heavy (non-hydrogen) atoms. The lowest BCUT2D eigenvalue weighted by atomic mass is 10.1. The monoisotopic (exact) mass is 265 g/mol. The number of thiocarbonyl (C=S) groups is 1. The fraction of sp³-hybridized carbons (Fsp3) is 0.333. The summed E-state index contributed by atoms with van der Waals surface area (Å²) in [7, 11) is 0. The van der Waals surface area contributed by atoms with E-state index < -0.39 is 0 Å². The molecule has 2 rings (SSSR count). The predicted molar refractivity (Wildman–Crippen MR) is 76.3 cm³/mol. The average Bonchev–Trinajstić information content (AvgIpc) is 2.94. The molecule has 0 amide bonds. The Hall–Kier alpha value is -1.20. The van der Waals surface area contributed by atoms with Gasteiger partial charge in [-0.25, -0.2) is 4.98 Å². The summed E-state index contributed by atoms with van der Waals surface area (Å²) in [6.45, 7) is 2.14. The second-order valence-electron chi connectivity index (χ2n) is 3.87. The highest BCUT2D eigenvalue weighted by molar-refractivity contribution is 7.80. The summed E-state index contributed by atoms with van der Waals surface area (Å²) in [5.41, 5.74) is 5.64. The summed E-state index contributed by atoms with van der Waals surface area (Å²) in [4.78, 5) is 6.16. The van der Waals surface area contributed by atoms with E-state index in [1.54, 1.807) is 11.3 Å². The summed E-state index contributed by atoms with van der Waals surface area (Å²) < 4.78 is 2.17. The summed E-state index contributed by atoms with van der Waals surface area (Å²) in [5.74, 6) is 1.00. The molecule has 1 atom stereocenters. The predicted octanol–water partition coefficient (Wildman–Crippen LogP) is 3.24. The molecule has 0 aliphatic carbocycles. The number of imidazole rings is 1. The van der Waals surface area contributed by atoms with Gasteiger partial charge in [0, 0.05) is 24.9 Å². The molecule has 0 aliphatic heterocycles. The zero-order valence-electron chi connectivity index (χ0n) is 9.67. The van der Waals surface area contributed by atoms with E-state index in [4.69, 9.17) is 18.0 Å². The van der Waals surface area contributed by atoms with Crippen LogP contribution in [-0.2, 0) is 0 Å². The smallest absolute Gasteiger partial charge is 0.150 e. The van der Waals surface area contributed by atoms with Crippen LogP contribution in [0.5, 0.6) is 0 Å². The van der Waals surface area contributed by atoms with Crippen LogP contribution < -0.4 is 5.73 Å². The second kappa shape index (κ2) is 5.42. The van der Waals surface area contributed by atoms with Gasteiger partial charge in [0.1, 0.15) is 5.82 Å². The van der Waals surface area contributed by atoms with Crippen molar-refractivity contribution in [3.8, 4) is 10.7 Å². The van der Waals surface area contributed by atoms with Crippen molar-refractivity contribution in [3.63, 3.8) is 0 Å². The Morgan fingerprint density at radius 2 is 2.47 bits per heavy atom. The molecular weight excluding hydrogens is 250 g/mol. The van der Waals surface area contributed by atoms with Gasteiger partial charge >= 0.3 is 0 Å². The van der Waals surface area contributed by atoms with Crippen molar-refractivity contribution >= 4 is 28.5 Å². The van der Waals surface area contributed by atoms with E-state index >= 15 is 0 Å². The Morgan fingerprint density at radius 3 is 3.06 bits per heavy atom. The molecule has 0 spiro atoms. The first-order valence-corrected chi connectivity index (χ1v) is 6.86. The summed E-state index contributed by atoms with van der Waals surface area (Å²) >= 11 is 6.70. The number of nitrogens with two attached hydrogens (primary N) is 1. The number of aromatic nitrogens is 2. The Balaban J connectivity index is 2.32. The van der Waals surface area contributed by atoms with Crippen molar-refractivity contribution < 1.29 is 0 Å². The van der Waals surface area contributed by atoms with Gasteiger partial charge in [-0.15, -0.1) is 11.3 Å². The van der Waals surface area contributed by atoms with E-state index in [-0.39, 0.29) is 0 Å². The zero-order chi connectivity index (χ0) is 12.3. The van der Waals surface area contributed by atoms with E-state index in [0.717, 1.165) is 18.7 Å². The Bertz CT molecular complexity index is 488. The first-order chi connectivity index (χ1) is 8.22. The molecule has 1 unspecified atom stereocenters. The molecule has 2 aromatic rings. The molecule has 0 aromatic carbocycles. The highest BCUT2D eigenvalue weighted by Gasteiger charge is 2.15. The number of nitrogens with zero attached hydrogens (tertiary/aromatic N) is 2. The average molecular weight is 265 g/mol. The van der Waals surface area contributed by atoms with Gasteiger partial charge in [0.25, 0.3) is 0 Å². The maximum atomic E-state index is 5.64. The van der Waals surface area contributed by atoms with Gasteiger partial charge in [-0.1, -0.05) is 25.2 Å². The van der Waals surface area contributed by atoms with Crippen LogP contribution in [0.4, 0.5) is 0 Å². The molecule has 2 aromatic heterocycles. The molecule has 3 nitrogen and oxygen atoms in total. The minimum Gasteiger partial charge on any atom is -0.393 e. The van der Waals surface area contributed by atoms with Crippen molar-refractivity contribution in [2.24, 2.45) is 5.73 Å². The van der Waals surface area contributed by atoms with E-state index in [9.17, 15) is 0 Å². The standard InChI is InChI=1S/C12H15N3S2/c1-2-9(8-11(13)16)15-6-5-14-12(15)10-4-3-7-17-10/h3-7,9H,2,8H2,1H3,(H2,13,16). The number of rotatable bonds is 5. The van der Waals surface area contributed by atoms with Crippen LogP contribution in [0.1, 0.15) is 25.8 Å². The lowest BCUT2D eigenvalue weighted by Crippen LogP contribution is -2.17. The van der Waals surface area contributed by atoms with Gasteiger partial charge in [0.15, 0.2) is 0 Å². The summed E-state index contributed by atoms with van der Waals surface area (Å²) in [5, 5.41) is 2.06. The number of hydrogen-bond donors (Lipinski definition) is 1. The first kappa shape index (κ1) is 12.3. The Kier molecular flexibility index (Phi) is 3.91. The quantitative estimate of drug-likeness (QED) is 0.844. The molecule has 0 bridgehead atoms. The summed E-state index contributed by atoms with van der Waals surface area (Å²) in [6, 6.07) is 4.41. The largest absolute Gasteiger partial charge is 0.393 e. The number of hydrogen-bond acceptors (Lipinski definition) is 3. The van der Waals surface area contributed by atoms with E-state index in [2.05, 4.69) is 27.9 Å². The summed E-state index contributed by atoms with van der Waals surface area (Å²) in [6.07, 6.45) is 5.55. The molecule has 0 radical (unpaired) electrons. The molecular formula is C12H15N3S2. The van der Waals surface area contributed by atoms with Crippen LogP contribution in [0, 0.1) is 0 Å². The molecule has 90 valence electrons. The SMILES string of the molecule is CCC(CC(N)=S)n1ccnc1-c1cccs1. The lowest BCUT2D eigenvalue weighted by molar-refractivity contribution is 0.508. The van der Waals surface area contributed by atoms with Crippen molar-refractivity contribution in [1.82, 2.24) is 9.55 Å². The molecule has 0 saturated carbocycles. The van der Waals surface area contributed by atoms with Crippen LogP contribution in [0.15, 0.2) is 29.9 Å². The van der Waals surface area contributed by atoms with Crippen LogP contribution >= 0.6 is 23.6 Å². The van der Waals surface area contributed by atoms with Gasteiger partial charge in [-0.05, 0) is 17.9 Å². The second-order valence-corrected chi connectivity index (χ2v) is 5.34. The van der Waals surface area contributed by atoms with Gasteiger partial charge < -0.3 is 10.3 Å². The third-order valence-electron chi connectivity index (χ3n) is 2.71. The van der Waals surface area contributed by atoms with Crippen molar-refractivity contribution in [2.45, 2.75) is 25.8 Å². The fourth-order valence-corrected chi connectivity index (χ4v) is 2.79. The van der Waals surface area contributed by atoms with Gasteiger partial charge in [-0.3, -0.25) is 0 Å². The molecule has 2 N–H and O–H groups in total. The van der Waals surface area contributed by atoms with Crippen LogP contribution in [0.3, 0.4) is 0 Å². The molecule has 5 heteroatoms. The normalized spacial score (nSPS) is 12.5. The van der Waals surface area contributed by atoms with Crippen molar-refractivity contribution in [1.29, 1.82) is 0 Å². The maximum Gasteiger partial charge on any atom is 0.150 e. The third-order valence-corrected chi connectivity index (χ3v) is 3.74. The van der Waals surface area contributed by atoms with Crippen LogP contribution in [0.2, 0.25) is 0 Å². The van der Waals surface area contributed by atoms with Gasteiger partial charge in [-0.2, -0.15) is 0 Å². The number of thiophene rings is 1. The Labute approximate surface area is 110 Å². The minimum absolute atomic E-state index is 0.298. The first-order valence-electron chi connectivity index (χ1n) is 5.57. The molecule has 0 saturated heterocycles. The Morgan fingerprint density at radius 1 is 1.65 bits per heavy atom. The zero-order valence-corrected chi connectivity index (χ0v) is 11.3. The lowest BCUT2D eigenvalue weighted by Gasteiger charge is -2.18. The molecule has 0 fully saturated rings. The van der Waals surface area contributed by atoms with Gasteiger partial charge in [0.2, 0.25) is 0 Å². The van der Waals surface area contributed by atoms with Crippen LogP contribution in [0.25, 0.3) is 10.7 Å². The van der Waals surface area contributed by atoms with E-state index in [0.29, 0.717) is 11.0 Å². The third kappa shape index (κ3) is 2.73. The fourth-order valence-electron chi connectivity index (χ4n) is 1.88. The maximum absolute atomic E-state index is 5.64. The van der Waals surface area contributed by atoms with E-state index in [1.165, 1.54) is 4.88 Å².